The molecule has 1 amide bonds. The Morgan fingerprint density at radius 1 is 1.17 bits per heavy atom. The number of para-hydroxylation sites is 1. The molecule has 4 aromatic rings. The maximum atomic E-state index is 12.8. The van der Waals surface area contributed by atoms with Crippen molar-refractivity contribution >= 4 is 40.4 Å². The summed E-state index contributed by atoms with van der Waals surface area (Å²) in [5.74, 6) is -0.196. The van der Waals surface area contributed by atoms with E-state index in [0.29, 0.717) is 11.4 Å². The average Bonchev–Trinajstić information content (AvgIpc) is 3.41. The van der Waals surface area contributed by atoms with Crippen molar-refractivity contribution in [2.75, 3.05) is 5.32 Å². The van der Waals surface area contributed by atoms with Crippen LogP contribution in [0.2, 0.25) is 0 Å². The summed E-state index contributed by atoms with van der Waals surface area (Å²) in [4.78, 5) is 25.7. The molecule has 0 saturated heterocycles. The average molecular weight is 437 g/mol. The Kier molecular flexibility index (Phi) is 5.92. The summed E-state index contributed by atoms with van der Waals surface area (Å²) >= 11 is 2.91. The molecule has 0 fully saturated rings. The summed E-state index contributed by atoms with van der Waals surface area (Å²) in [6.07, 6.45) is 2.58. The van der Waals surface area contributed by atoms with E-state index in [1.165, 1.54) is 28.4 Å². The van der Waals surface area contributed by atoms with Crippen LogP contribution in [0.1, 0.15) is 15.2 Å². The van der Waals surface area contributed by atoms with Crippen LogP contribution < -0.4 is 5.32 Å². The molecule has 2 aromatic heterocycles. The fourth-order valence-electron chi connectivity index (χ4n) is 2.76. The lowest BCUT2D eigenvalue weighted by Gasteiger charge is -2.10. The summed E-state index contributed by atoms with van der Waals surface area (Å²) in [7, 11) is 0. The minimum atomic E-state index is -0.485. The van der Waals surface area contributed by atoms with Gasteiger partial charge in [-0.3, -0.25) is 19.6 Å². The van der Waals surface area contributed by atoms with Gasteiger partial charge in [-0.05, 0) is 41.3 Å². The highest BCUT2D eigenvalue weighted by atomic mass is 32.2. The Morgan fingerprint density at radius 3 is 2.70 bits per heavy atom. The van der Waals surface area contributed by atoms with Crippen LogP contribution in [0.3, 0.4) is 0 Å². The van der Waals surface area contributed by atoms with Gasteiger partial charge in [-0.25, -0.2) is 0 Å². The van der Waals surface area contributed by atoms with Crippen LogP contribution in [-0.2, 0) is 6.54 Å². The highest BCUT2D eigenvalue weighted by Crippen LogP contribution is 2.33. The third-order valence-electron chi connectivity index (χ3n) is 4.16. The predicted octanol–water partition coefficient (Wildman–Crippen LogP) is 5.30. The van der Waals surface area contributed by atoms with E-state index in [-0.39, 0.29) is 11.6 Å². The van der Waals surface area contributed by atoms with E-state index >= 15 is 0 Å². The van der Waals surface area contributed by atoms with Crippen LogP contribution in [0.4, 0.5) is 11.4 Å². The molecule has 0 radical (unpaired) electrons. The van der Waals surface area contributed by atoms with Crippen molar-refractivity contribution in [1.29, 1.82) is 0 Å². The topological polar surface area (TPSA) is 90.1 Å². The molecule has 150 valence electrons. The maximum Gasteiger partial charge on any atom is 0.307 e. The predicted molar refractivity (Wildman–Crippen MR) is 117 cm³/mol. The molecule has 7 nitrogen and oxygen atoms in total. The third-order valence-corrected chi connectivity index (χ3v) is 6.22. The minimum Gasteiger partial charge on any atom is -0.320 e. The van der Waals surface area contributed by atoms with Crippen molar-refractivity contribution in [2.45, 2.75) is 16.3 Å². The van der Waals surface area contributed by atoms with Gasteiger partial charge in [-0.15, -0.1) is 11.3 Å². The number of amides is 1. The van der Waals surface area contributed by atoms with Gasteiger partial charge in [0.05, 0.1) is 22.0 Å². The molecular weight excluding hydrogens is 420 g/mol. The van der Waals surface area contributed by atoms with E-state index < -0.39 is 4.92 Å². The number of carbonyl (C=O) groups excluding carboxylic acids is 1. The molecule has 2 heterocycles. The highest BCUT2D eigenvalue weighted by Gasteiger charge is 2.14. The van der Waals surface area contributed by atoms with Crippen LogP contribution in [0, 0.1) is 10.1 Å². The molecule has 0 spiro atoms. The summed E-state index contributed by atoms with van der Waals surface area (Å²) < 4.78 is 1.48. The molecular formula is C21H16N4O3S2. The van der Waals surface area contributed by atoms with Crippen LogP contribution in [-0.4, -0.2) is 20.6 Å². The Bertz CT molecular complexity index is 1190. The quantitative estimate of drug-likeness (QED) is 0.313. The molecule has 9 heteroatoms. The maximum absolute atomic E-state index is 12.8. The smallest absolute Gasteiger partial charge is 0.307 e. The monoisotopic (exact) mass is 436 g/mol. The number of nitro groups is 1. The van der Waals surface area contributed by atoms with Crippen molar-refractivity contribution in [2.24, 2.45) is 0 Å². The molecule has 0 atom stereocenters. The number of carbonyl (C=O) groups is 1. The van der Waals surface area contributed by atoms with Gasteiger partial charge in [0, 0.05) is 9.79 Å². The fraction of sp³-hybridized carbons (Fsp3) is 0.0476. The van der Waals surface area contributed by atoms with Crippen LogP contribution in [0.15, 0.2) is 88.2 Å². The molecule has 0 aliphatic carbocycles. The van der Waals surface area contributed by atoms with Gasteiger partial charge in [-0.1, -0.05) is 42.1 Å². The van der Waals surface area contributed by atoms with E-state index in [0.717, 1.165) is 21.0 Å². The first-order valence-corrected chi connectivity index (χ1v) is 10.7. The SMILES string of the molecule is O=C(Nc1ccccc1Sc1ccccc1)c1cc(Cn2cc([N+](=O)[O-])cn2)cs1. The first kappa shape index (κ1) is 19.9. The molecule has 0 unspecified atom stereocenters. The summed E-state index contributed by atoms with van der Waals surface area (Å²) in [6, 6.07) is 19.4. The molecule has 30 heavy (non-hydrogen) atoms. The van der Waals surface area contributed by atoms with Crippen LogP contribution >= 0.6 is 23.1 Å². The molecule has 1 N–H and O–H groups in total. The number of benzene rings is 2. The van der Waals surface area contributed by atoms with Gasteiger partial charge in [0.2, 0.25) is 0 Å². The Hall–Kier alpha value is -3.43. The second-order valence-electron chi connectivity index (χ2n) is 6.34. The third kappa shape index (κ3) is 4.76. The number of hydrogen-bond acceptors (Lipinski definition) is 6. The van der Waals surface area contributed by atoms with Crippen molar-refractivity contribution in [1.82, 2.24) is 9.78 Å². The van der Waals surface area contributed by atoms with Gasteiger partial charge in [0.25, 0.3) is 5.91 Å². The van der Waals surface area contributed by atoms with E-state index in [9.17, 15) is 14.9 Å². The number of aromatic nitrogens is 2. The minimum absolute atomic E-state index is 0.0595. The molecule has 4 rings (SSSR count). The normalized spacial score (nSPS) is 10.7. The lowest BCUT2D eigenvalue weighted by atomic mass is 10.3. The molecule has 0 saturated carbocycles. The zero-order chi connectivity index (χ0) is 20.9. The number of hydrogen-bond donors (Lipinski definition) is 1. The van der Waals surface area contributed by atoms with Gasteiger partial charge in [-0.2, -0.15) is 5.10 Å². The van der Waals surface area contributed by atoms with Crippen molar-refractivity contribution in [3.63, 3.8) is 0 Å². The Morgan fingerprint density at radius 2 is 1.93 bits per heavy atom. The van der Waals surface area contributed by atoms with Gasteiger partial charge < -0.3 is 5.32 Å². The van der Waals surface area contributed by atoms with Gasteiger partial charge >= 0.3 is 5.69 Å². The molecule has 0 aliphatic heterocycles. The standard InChI is InChI=1S/C21H16N4O3S2/c26-21(20-10-15(14-29-20)12-24-13-16(11-22-24)25(27)28)23-18-8-4-5-9-19(18)30-17-6-2-1-3-7-17/h1-11,13-14H,12H2,(H,23,26). The molecule has 0 bridgehead atoms. The summed E-state index contributed by atoms with van der Waals surface area (Å²) in [5.41, 5.74) is 1.54. The van der Waals surface area contributed by atoms with E-state index in [1.807, 2.05) is 60.0 Å². The second kappa shape index (κ2) is 8.93. The summed E-state index contributed by atoms with van der Waals surface area (Å²) in [6.45, 7) is 0.359. The molecule has 2 aromatic carbocycles. The van der Waals surface area contributed by atoms with Crippen molar-refractivity contribution in [3.8, 4) is 0 Å². The zero-order valence-electron chi connectivity index (χ0n) is 15.6. The Balaban J connectivity index is 1.45. The number of nitrogens with one attached hydrogen (secondary N) is 1. The van der Waals surface area contributed by atoms with E-state index in [4.69, 9.17) is 0 Å². The van der Waals surface area contributed by atoms with Crippen molar-refractivity contribution in [3.05, 3.63) is 99.0 Å². The first-order valence-electron chi connectivity index (χ1n) is 8.96. The number of rotatable bonds is 7. The Labute approximate surface area is 180 Å². The second-order valence-corrected chi connectivity index (χ2v) is 8.36. The van der Waals surface area contributed by atoms with Crippen LogP contribution in [0.25, 0.3) is 0 Å². The zero-order valence-corrected chi connectivity index (χ0v) is 17.2. The largest absolute Gasteiger partial charge is 0.320 e. The fourth-order valence-corrected chi connectivity index (χ4v) is 4.48. The van der Waals surface area contributed by atoms with E-state index in [1.54, 1.807) is 17.8 Å². The van der Waals surface area contributed by atoms with Crippen LogP contribution in [0.5, 0.6) is 0 Å². The first-order chi connectivity index (χ1) is 14.6. The lowest BCUT2D eigenvalue weighted by molar-refractivity contribution is -0.385. The summed E-state index contributed by atoms with van der Waals surface area (Å²) in [5, 5.41) is 19.6. The lowest BCUT2D eigenvalue weighted by Crippen LogP contribution is -2.11. The number of thiophene rings is 1. The molecule has 0 aliphatic rings. The number of nitrogens with zero attached hydrogens (tertiary/aromatic N) is 3. The van der Waals surface area contributed by atoms with Crippen molar-refractivity contribution < 1.29 is 9.72 Å². The highest BCUT2D eigenvalue weighted by molar-refractivity contribution is 7.99. The number of anilines is 1. The van der Waals surface area contributed by atoms with Gasteiger partial charge in [0.1, 0.15) is 12.4 Å². The van der Waals surface area contributed by atoms with Gasteiger partial charge in [0.15, 0.2) is 0 Å². The van der Waals surface area contributed by atoms with E-state index in [2.05, 4.69) is 10.4 Å².